The first-order valence-electron chi connectivity index (χ1n) is 5.91. The highest BCUT2D eigenvalue weighted by molar-refractivity contribution is 6.35. The van der Waals surface area contributed by atoms with Crippen molar-refractivity contribution >= 4 is 22.5 Å². The van der Waals surface area contributed by atoms with E-state index in [1.807, 2.05) is 12.1 Å². The van der Waals surface area contributed by atoms with Gasteiger partial charge in [-0.05, 0) is 36.1 Å². The van der Waals surface area contributed by atoms with Crippen LogP contribution in [-0.4, -0.2) is 4.98 Å². The molecule has 18 heavy (non-hydrogen) atoms. The van der Waals surface area contributed by atoms with Crippen molar-refractivity contribution in [1.29, 1.82) is 0 Å². The second-order valence-electron chi connectivity index (χ2n) is 4.42. The van der Waals surface area contributed by atoms with Gasteiger partial charge in [-0.15, -0.1) is 0 Å². The minimum absolute atomic E-state index is 0.274. The lowest BCUT2D eigenvalue weighted by Crippen LogP contribution is -1.95. The Morgan fingerprint density at radius 3 is 2.61 bits per heavy atom. The largest absolute Gasteiger partial charge is 0.280 e. The van der Waals surface area contributed by atoms with E-state index in [1.54, 1.807) is 6.07 Å². The van der Waals surface area contributed by atoms with Gasteiger partial charge in [0.05, 0.1) is 10.5 Å². The first-order chi connectivity index (χ1) is 8.52. The molecule has 0 aliphatic heterocycles. The number of alkyl halides is 2. The number of aromatic nitrogens is 1. The molecule has 2 aromatic rings. The first kappa shape index (κ1) is 13.2. The summed E-state index contributed by atoms with van der Waals surface area (Å²) in [5.41, 5.74) is 1.40. The molecule has 0 saturated carbocycles. The van der Waals surface area contributed by atoms with E-state index in [-0.39, 0.29) is 5.69 Å². The molecule has 96 valence electrons. The normalized spacial score (nSPS) is 13.2. The Kier molecular flexibility index (Phi) is 3.81. The van der Waals surface area contributed by atoms with Crippen molar-refractivity contribution in [2.45, 2.75) is 32.6 Å². The van der Waals surface area contributed by atoms with Gasteiger partial charge in [0.1, 0.15) is 5.69 Å². The van der Waals surface area contributed by atoms with Gasteiger partial charge in [0.2, 0.25) is 0 Å². The number of benzene rings is 1. The summed E-state index contributed by atoms with van der Waals surface area (Å²) in [5, 5.41) is 1.07. The van der Waals surface area contributed by atoms with Gasteiger partial charge in [-0.2, -0.15) is 0 Å². The summed E-state index contributed by atoms with van der Waals surface area (Å²) in [6.45, 7) is 4.23. The number of hydrogen-bond donors (Lipinski definition) is 0. The molecular formula is C14H14ClF2N. The Morgan fingerprint density at radius 1 is 1.28 bits per heavy atom. The zero-order chi connectivity index (χ0) is 13.3. The predicted molar refractivity (Wildman–Crippen MR) is 70.4 cm³/mol. The minimum atomic E-state index is -2.60. The quantitative estimate of drug-likeness (QED) is 0.733. The molecule has 0 fully saturated rings. The fourth-order valence-electron chi connectivity index (χ4n) is 1.88. The molecule has 0 amide bonds. The van der Waals surface area contributed by atoms with Gasteiger partial charge in [-0.3, -0.25) is 0 Å². The van der Waals surface area contributed by atoms with Crippen LogP contribution in [0.4, 0.5) is 8.78 Å². The number of halogens is 3. The van der Waals surface area contributed by atoms with E-state index < -0.39 is 6.43 Å². The molecule has 1 atom stereocenters. The molecular weight excluding hydrogens is 256 g/mol. The third kappa shape index (κ3) is 2.46. The van der Waals surface area contributed by atoms with Gasteiger partial charge in [0.15, 0.2) is 0 Å². The fraction of sp³-hybridized carbons (Fsp3) is 0.357. The van der Waals surface area contributed by atoms with E-state index >= 15 is 0 Å². The van der Waals surface area contributed by atoms with Crippen LogP contribution in [0.3, 0.4) is 0 Å². The van der Waals surface area contributed by atoms with Crippen LogP contribution >= 0.6 is 11.6 Å². The standard InChI is InChI=1S/C14H14ClF2N/c1-3-8(2)9-4-5-12-10(6-9)11(15)7-13(18-12)14(16)17/h4-8,14H,3H2,1-2H3. The molecule has 1 aromatic carbocycles. The molecule has 0 saturated heterocycles. The van der Waals surface area contributed by atoms with Crippen LogP contribution in [0.5, 0.6) is 0 Å². The van der Waals surface area contributed by atoms with E-state index in [1.165, 1.54) is 6.07 Å². The van der Waals surface area contributed by atoms with Crippen molar-refractivity contribution < 1.29 is 8.78 Å². The van der Waals surface area contributed by atoms with Crippen LogP contribution < -0.4 is 0 Å². The fourth-order valence-corrected chi connectivity index (χ4v) is 2.14. The zero-order valence-corrected chi connectivity index (χ0v) is 11.0. The van der Waals surface area contributed by atoms with E-state index in [0.717, 1.165) is 17.4 Å². The van der Waals surface area contributed by atoms with Gasteiger partial charge in [0.25, 0.3) is 6.43 Å². The summed E-state index contributed by atoms with van der Waals surface area (Å²) in [4.78, 5) is 3.93. The van der Waals surface area contributed by atoms with Gasteiger partial charge < -0.3 is 0 Å². The maximum absolute atomic E-state index is 12.6. The number of rotatable bonds is 3. The van der Waals surface area contributed by atoms with Crippen LogP contribution in [0.2, 0.25) is 5.02 Å². The summed E-state index contributed by atoms with van der Waals surface area (Å²) in [6, 6.07) is 6.87. The molecule has 2 rings (SSSR count). The maximum Gasteiger partial charge on any atom is 0.280 e. The Balaban J connectivity index is 2.58. The third-order valence-corrected chi connectivity index (χ3v) is 3.52. The number of pyridine rings is 1. The van der Waals surface area contributed by atoms with Crippen molar-refractivity contribution in [2.24, 2.45) is 0 Å². The molecule has 1 heterocycles. The van der Waals surface area contributed by atoms with Crippen molar-refractivity contribution in [2.75, 3.05) is 0 Å². The molecule has 1 unspecified atom stereocenters. The minimum Gasteiger partial charge on any atom is -0.247 e. The summed E-state index contributed by atoms with van der Waals surface area (Å²) in [7, 11) is 0. The highest BCUT2D eigenvalue weighted by atomic mass is 35.5. The lowest BCUT2D eigenvalue weighted by molar-refractivity contribution is 0.146. The second kappa shape index (κ2) is 5.19. The average molecular weight is 270 g/mol. The van der Waals surface area contributed by atoms with E-state index in [4.69, 9.17) is 11.6 Å². The van der Waals surface area contributed by atoms with Crippen molar-refractivity contribution in [1.82, 2.24) is 4.98 Å². The van der Waals surface area contributed by atoms with Crippen LogP contribution in [0.1, 0.15) is 43.9 Å². The van der Waals surface area contributed by atoms with E-state index in [2.05, 4.69) is 18.8 Å². The molecule has 1 aromatic heterocycles. The second-order valence-corrected chi connectivity index (χ2v) is 4.82. The summed E-state index contributed by atoms with van der Waals surface area (Å²) in [6.07, 6.45) is -1.58. The number of fused-ring (bicyclic) bond motifs is 1. The molecule has 1 nitrogen and oxygen atoms in total. The molecule has 0 aliphatic rings. The monoisotopic (exact) mass is 269 g/mol. The van der Waals surface area contributed by atoms with E-state index in [0.29, 0.717) is 16.5 Å². The highest BCUT2D eigenvalue weighted by Crippen LogP contribution is 2.30. The Labute approximate surface area is 110 Å². The summed E-state index contributed by atoms with van der Waals surface area (Å²) in [5.74, 6) is 0.417. The smallest absolute Gasteiger partial charge is 0.247 e. The SMILES string of the molecule is CCC(C)c1ccc2nc(C(F)F)cc(Cl)c2c1. The maximum atomic E-state index is 12.6. The molecule has 4 heteroatoms. The average Bonchev–Trinajstić information content (AvgIpc) is 2.37. The lowest BCUT2D eigenvalue weighted by Gasteiger charge is -2.11. The summed E-state index contributed by atoms with van der Waals surface area (Å²) < 4.78 is 25.2. The first-order valence-corrected chi connectivity index (χ1v) is 6.29. The number of hydrogen-bond acceptors (Lipinski definition) is 1. The third-order valence-electron chi connectivity index (χ3n) is 3.21. The predicted octanol–water partition coefficient (Wildman–Crippen LogP) is 5.34. The van der Waals surface area contributed by atoms with E-state index in [9.17, 15) is 8.78 Å². The Bertz CT molecular complexity index is 569. The Morgan fingerprint density at radius 2 is 2.00 bits per heavy atom. The van der Waals surface area contributed by atoms with Gasteiger partial charge in [0, 0.05) is 5.39 Å². The zero-order valence-electron chi connectivity index (χ0n) is 10.3. The highest BCUT2D eigenvalue weighted by Gasteiger charge is 2.13. The molecule has 0 N–H and O–H groups in total. The molecule has 0 radical (unpaired) electrons. The van der Waals surface area contributed by atoms with Crippen molar-refractivity contribution in [3.05, 3.63) is 40.5 Å². The van der Waals surface area contributed by atoms with Gasteiger partial charge in [-0.1, -0.05) is 31.5 Å². The van der Waals surface area contributed by atoms with Crippen molar-refractivity contribution in [3.63, 3.8) is 0 Å². The molecule has 0 spiro atoms. The van der Waals surface area contributed by atoms with Crippen LogP contribution in [0.15, 0.2) is 24.3 Å². The topological polar surface area (TPSA) is 12.9 Å². The van der Waals surface area contributed by atoms with Gasteiger partial charge >= 0.3 is 0 Å². The summed E-state index contributed by atoms with van der Waals surface area (Å²) >= 11 is 6.05. The molecule has 0 aliphatic carbocycles. The molecule has 0 bridgehead atoms. The lowest BCUT2D eigenvalue weighted by atomic mass is 9.97. The van der Waals surface area contributed by atoms with Gasteiger partial charge in [-0.25, -0.2) is 13.8 Å². The Hall–Kier alpha value is -1.22. The van der Waals surface area contributed by atoms with Crippen LogP contribution in [0.25, 0.3) is 10.9 Å². The number of nitrogens with zero attached hydrogens (tertiary/aromatic N) is 1. The van der Waals surface area contributed by atoms with Crippen molar-refractivity contribution in [3.8, 4) is 0 Å². The van der Waals surface area contributed by atoms with Crippen LogP contribution in [-0.2, 0) is 0 Å². The van der Waals surface area contributed by atoms with Crippen LogP contribution in [0, 0.1) is 0 Å².